The minimum atomic E-state index is -2.60. The van der Waals surface area contributed by atoms with E-state index in [4.69, 9.17) is 9.40 Å². The number of hydrogen-bond acceptors (Lipinski definition) is 6. The summed E-state index contributed by atoms with van der Waals surface area (Å²) in [5, 5.41) is 3.20. The Morgan fingerprint density at radius 2 is 1.50 bits per heavy atom. The fourth-order valence-corrected chi connectivity index (χ4v) is 8.22. The Balaban J connectivity index is 1.81. The van der Waals surface area contributed by atoms with E-state index in [1.54, 1.807) is 26.7 Å². The minimum absolute atomic E-state index is 0.0134. The second-order valence-electron chi connectivity index (χ2n) is 10.2. The fraction of sp³-hybridized carbons (Fsp3) is 0.385. The summed E-state index contributed by atoms with van der Waals surface area (Å²) in [6.07, 6.45) is 0.541. The normalized spacial score (nSPS) is 13.8. The third-order valence-corrected chi connectivity index (χ3v) is 9.55. The maximum absolute atomic E-state index is 13.4. The van der Waals surface area contributed by atoms with E-state index in [2.05, 4.69) is 38.4 Å². The first kappa shape index (κ1) is 25.2. The highest BCUT2D eigenvalue weighted by molar-refractivity contribution is 7.80. The Hall–Kier alpha value is -1.87. The van der Waals surface area contributed by atoms with Gasteiger partial charge in [0.1, 0.15) is 19.8 Å². The van der Waals surface area contributed by atoms with Gasteiger partial charge in [-0.1, -0.05) is 32.9 Å². The van der Waals surface area contributed by atoms with Crippen molar-refractivity contribution in [1.82, 2.24) is 9.97 Å². The molecule has 180 valence electrons. The molecular formula is C26H32N2O3P2S. The van der Waals surface area contributed by atoms with Gasteiger partial charge >= 0.3 is 0 Å². The number of benzene rings is 2. The highest BCUT2D eigenvalue weighted by Crippen LogP contribution is 2.43. The SMILES string of the molecule is CC(C)c1ccc2oc(CC(C)c3ccc4nc(S)ccc4c3P(C)(C)=O)nc2c1P(C)(C)=O. The Morgan fingerprint density at radius 1 is 0.853 bits per heavy atom. The smallest absolute Gasteiger partial charge is 0.196 e. The van der Waals surface area contributed by atoms with Crippen LogP contribution >= 0.6 is 26.9 Å². The van der Waals surface area contributed by atoms with E-state index in [1.807, 2.05) is 36.4 Å². The summed E-state index contributed by atoms with van der Waals surface area (Å²) in [7, 11) is -5.17. The quantitative estimate of drug-likeness (QED) is 0.231. The molecule has 0 N–H and O–H groups in total. The van der Waals surface area contributed by atoms with Crippen molar-refractivity contribution in [3.05, 3.63) is 53.4 Å². The van der Waals surface area contributed by atoms with Crippen LogP contribution < -0.4 is 10.6 Å². The van der Waals surface area contributed by atoms with Gasteiger partial charge in [-0.3, -0.25) is 0 Å². The maximum Gasteiger partial charge on any atom is 0.196 e. The van der Waals surface area contributed by atoms with Crippen LogP contribution in [0.15, 0.2) is 45.8 Å². The summed E-state index contributed by atoms with van der Waals surface area (Å²) in [6, 6.07) is 11.7. The molecule has 0 radical (unpaired) electrons. The highest BCUT2D eigenvalue weighted by Gasteiger charge is 2.27. The maximum atomic E-state index is 13.4. The number of hydrogen-bond donors (Lipinski definition) is 1. The molecule has 2 aromatic heterocycles. The van der Waals surface area contributed by atoms with Crippen molar-refractivity contribution in [3.8, 4) is 0 Å². The molecule has 1 atom stereocenters. The van der Waals surface area contributed by atoms with Crippen molar-refractivity contribution in [1.29, 1.82) is 0 Å². The summed E-state index contributed by atoms with van der Waals surface area (Å²) in [5.74, 6) is 0.843. The molecule has 0 spiro atoms. The number of oxazole rings is 1. The number of rotatable bonds is 6. The Labute approximate surface area is 206 Å². The van der Waals surface area contributed by atoms with Crippen LogP contribution in [0.5, 0.6) is 0 Å². The lowest BCUT2D eigenvalue weighted by Gasteiger charge is -2.20. The summed E-state index contributed by atoms with van der Waals surface area (Å²) in [6.45, 7) is 13.5. The fourth-order valence-electron chi connectivity index (χ4n) is 4.73. The van der Waals surface area contributed by atoms with Crippen LogP contribution in [0.4, 0.5) is 0 Å². The summed E-state index contributed by atoms with van der Waals surface area (Å²) in [4.78, 5) is 9.33. The minimum Gasteiger partial charge on any atom is -0.441 e. The zero-order valence-electron chi connectivity index (χ0n) is 20.8. The average Bonchev–Trinajstić information content (AvgIpc) is 3.12. The van der Waals surface area contributed by atoms with Crippen LogP contribution in [0, 0.1) is 0 Å². The van der Waals surface area contributed by atoms with Gasteiger partial charge < -0.3 is 13.5 Å². The summed E-state index contributed by atoms with van der Waals surface area (Å²) in [5.41, 5.74) is 4.21. The van der Waals surface area contributed by atoms with Gasteiger partial charge in [-0.25, -0.2) is 9.97 Å². The van der Waals surface area contributed by atoms with E-state index in [0.29, 0.717) is 28.4 Å². The van der Waals surface area contributed by atoms with Gasteiger partial charge in [0, 0.05) is 22.4 Å². The Bertz CT molecular complexity index is 1500. The number of aromatic nitrogens is 2. The zero-order chi connectivity index (χ0) is 25.0. The van der Waals surface area contributed by atoms with Crippen molar-refractivity contribution in [2.45, 2.75) is 44.1 Å². The lowest BCUT2D eigenvalue weighted by atomic mass is 9.96. The second kappa shape index (κ2) is 8.97. The molecule has 4 aromatic rings. The van der Waals surface area contributed by atoms with E-state index in [9.17, 15) is 9.13 Å². The molecule has 0 fully saturated rings. The standard InChI is InChI=1S/C26H32N2O3P2S/c1-15(2)17-9-12-21-24(26(17)33(6,7)30)28-22(31-21)14-16(3)18-8-11-20-19(10-13-23(34)27-20)25(18)32(4,5)29/h8-13,15-16H,14H2,1-7H3,(H,27,34). The predicted molar refractivity (Wildman–Crippen MR) is 147 cm³/mol. The van der Waals surface area contributed by atoms with Gasteiger partial charge in [0.2, 0.25) is 0 Å². The topological polar surface area (TPSA) is 73.1 Å². The molecule has 2 heterocycles. The lowest BCUT2D eigenvalue weighted by molar-refractivity contribution is 0.508. The van der Waals surface area contributed by atoms with Crippen molar-refractivity contribution < 1.29 is 13.5 Å². The zero-order valence-corrected chi connectivity index (χ0v) is 23.5. The number of nitrogens with zero attached hydrogens (tertiary/aromatic N) is 2. The summed E-state index contributed by atoms with van der Waals surface area (Å²) >= 11 is 4.35. The van der Waals surface area contributed by atoms with Gasteiger partial charge in [-0.05, 0) is 73.9 Å². The van der Waals surface area contributed by atoms with E-state index in [0.717, 1.165) is 32.6 Å². The first-order valence-electron chi connectivity index (χ1n) is 11.4. The van der Waals surface area contributed by atoms with Crippen LogP contribution in [0.1, 0.15) is 49.6 Å². The molecule has 0 bridgehead atoms. The molecule has 0 amide bonds. The van der Waals surface area contributed by atoms with Gasteiger partial charge in [-0.2, -0.15) is 0 Å². The molecule has 0 aliphatic heterocycles. The number of pyridine rings is 1. The Kier molecular flexibility index (Phi) is 6.66. The van der Waals surface area contributed by atoms with Gasteiger partial charge in [0.15, 0.2) is 11.5 Å². The van der Waals surface area contributed by atoms with Crippen molar-refractivity contribution in [3.63, 3.8) is 0 Å². The highest BCUT2D eigenvalue weighted by atomic mass is 32.1. The molecule has 34 heavy (non-hydrogen) atoms. The van der Waals surface area contributed by atoms with E-state index in [1.165, 1.54) is 0 Å². The summed E-state index contributed by atoms with van der Waals surface area (Å²) < 4.78 is 32.7. The van der Waals surface area contributed by atoms with Gasteiger partial charge in [-0.15, -0.1) is 12.6 Å². The van der Waals surface area contributed by atoms with Crippen molar-refractivity contribution >= 4 is 59.5 Å². The van der Waals surface area contributed by atoms with Crippen molar-refractivity contribution in [2.75, 3.05) is 26.7 Å². The molecule has 0 aliphatic carbocycles. The van der Waals surface area contributed by atoms with E-state index in [-0.39, 0.29) is 11.8 Å². The number of thiol groups is 1. The average molecular weight is 515 g/mol. The predicted octanol–water partition coefficient (Wildman–Crippen LogP) is 6.63. The van der Waals surface area contributed by atoms with Crippen LogP contribution in [-0.4, -0.2) is 36.6 Å². The molecule has 0 saturated carbocycles. The van der Waals surface area contributed by atoms with E-state index < -0.39 is 14.3 Å². The number of fused-ring (bicyclic) bond motifs is 2. The Morgan fingerprint density at radius 3 is 2.12 bits per heavy atom. The van der Waals surface area contributed by atoms with Crippen molar-refractivity contribution in [2.24, 2.45) is 0 Å². The van der Waals surface area contributed by atoms with Gasteiger partial charge in [0.25, 0.3) is 0 Å². The largest absolute Gasteiger partial charge is 0.441 e. The molecule has 1 unspecified atom stereocenters. The third-order valence-electron chi connectivity index (χ3n) is 6.18. The molecule has 8 heteroatoms. The lowest BCUT2D eigenvalue weighted by Crippen LogP contribution is -2.16. The third kappa shape index (κ3) is 4.78. The van der Waals surface area contributed by atoms with Crippen LogP contribution in [0.25, 0.3) is 22.0 Å². The van der Waals surface area contributed by atoms with E-state index >= 15 is 0 Å². The van der Waals surface area contributed by atoms with Crippen LogP contribution in [0.3, 0.4) is 0 Å². The second-order valence-corrected chi connectivity index (χ2v) is 16.9. The molecule has 2 aromatic carbocycles. The molecule has 4 rings (SSSR count). The van der Waals surface area contributed by atoms with Gasteiger partial charge in [0.05, 0.1) is 10.5 Å². The first-order valence-corrected chi connectivity index (χ1v) is 17.1. The molecule has 0 saturated heterocycles. The molecule has 0 aliphatic rings. The van der Waals surface area contributed by atoms with Crippen LogP contribution in [0.2, 0.25) is 0 Å². The molecule has 5 nitrogen and oxygen atoms in total. The first-order chi connectivity index (χ1) is 15.8. The molecular weight excluding hydrogens is 482 g/mol. The monoisotopic (exact) mass is 514 g/mol. The van der Waals surface area contributed by atoms with Crippen LogP contribution in [-0.2, 0) is 15.6 Å².